The predicted octanol–water partition coefficient (Wildman–Crippen LogP) is 4.70. The van der Waals surface area contributed by atoms with Gasteiger partial charge in [-0.3, -0.25) is 4.79 Å². The summed E-state index contributed by atoms with van der Waals surface area (Å²) in [4.78, 5) is 25.7. The fourth-order valence-corrected chi connectivity index (χ4v) is 4.28. The van der Waals surface area contributed by atoms with Crippen LogP contribution in [-0.4, -0.2) is 27.8 Å². The smallest absolute Gasteiger partial charge is 0.264 e. The van der Waals surface area contributed by atoms with E-state index in [1.165, 1.54) is 11.3 Å². The van der Waals surface area contributed by atoms with Crippen LogP contribution in [0, 0.1) is 13.8 Å². The third-order valence-corrected chi connectivity index (χ3v) is 5.88. The second-order valence-electron chi connectivity index (χ2n) is 6.32. The summed E-state index contributed by atoms with van der Waals surface area (Å²) in [5.41, 5.74) is 3.06. The molecular weight excluding hydrogens is 330 g/mol. The number of rotatable bonds is 4. The Morgan fingerprint density at radius 3 is 2.52 bits per heavy atom. The van der Waals surface area contributed by atoms with Gasteiger partial charge in [0.2, 0.25) is 0 Å². The SMILES string of the molecule is CCc1nc(C)c2c(C)c(C(=O)N(C)[C@@H](C)c3ccccc3)sc2n1. The van der Waals surface area contributed by atoms with Gasteiger partial charge >= 0.3 is 0 Å². The number of thiophene rings is 1. The number of aryl methyl sites for hydroxylation is 3. The van der Waals surface area contributed by atoms with E-state index in [0.29, 0.717) is 0 Å². The monoisotopic (exact) mass is 353 g/mol. The van der Waals surface area contributed by atoms with Crippen molar-refractivity contribution in [2.24, 2.45) is 0 Å². The molecule has 2 aromatic heterocycles. The molecule has 0 saturated heterocycles. The maximum atomic E-state index is 13.1. The Morgan fingerprint density at radius 1 is 1.20 bits per heavy atom. The molecule has 0 aliphatic heterocycles. The Balaban J connectivity index is 1.99. The van der Waals surface area contributed by atoms with Crippen molar-refractivity contribution in [3.8, 4) is 0 Å². The molecule has 0 aliphatic rings. The maximum absolute atomic E-state index is 13.1. The lowest BCUT2D eigenvalue weighted by molar-refractivity contribution is 0.0747. The van der Waals surface area contributed by atoms with Crippen molar-refractivity contribution in [1.82, 2.24) is 14.9 Å². The van der Waals surface area contributed by atoms with Gasteiger partial charge in [-0.2, -0.15) is 0 Å². The van der Waals surface area contributed by atoms with Crippen LogP contribution in [0.1, 0.15) is 52.2 Å². The number of benzene rings is 1. The number of carbonyl (C=O) groups excluding carboxylic acids is 1. The molecule has 0 aliphatic carbocycles. The molecule has 25 heavy (non-hydrogen) atoms. The lowest BCUT2D eigenvalue weighted by Crippen LogP contribution is -2.29. The largest absolute Gasteiger partial charge is 0.334 e. The highest BCUT2D eigenvalue weighted by atomic mass is 32.1. The van der Waals surface area contributed by atoms with Crippen LogP contribution in [0.15, 0.2) is 30.3 Å². The summed E-state index contributed by atoms with van der Waals surface area (Å²) in [7, 11) is 1.86. The number of amides is 1. The van der Waals surface area contributed by atoms with E-state index in [4.69, 9.17) is 0 Å². The van der Waals surface area contributed by atoms with Gasteiger partial charge in [0, 0.05) is 24.5 Å². The second-order valence-corrected chi connectivity index (χ2v) is 7.32. The van der Waals surface area contributed by atoms with Gasteiger partial charge in [0.15, 0.2) is 0 Å². The van der Waals surface area contributed by atoms with Crippen LogP contribution < -0.4 is 0 Å². The van der Waals surface area contributed by atoms with Gasteiger partial charge < -0.3 is 4.90 Å². The first-order chi connectivity index (χ1) is 11.9. The minimum Gasteiger partial charge on any atom is -0.334 e. The third kappa shape index (κ3) is 3.16. The highest BCUT2D eigenvalue weighted by Gasteiger charge is 2.24. The first kappa shape index (κ1) is 17.5. The Kier molecular flexibility index (Phi) is 4.86. The maximum Gasteiger partial charge on any atom is 0.264 e. The summed E-state index contributed by atoms with van der Waals surface area (Å²) in [6, 6.07) is 10.1. The molecule has 2 heterocycles. The van der Waals surface area contributed by atoms with Crippen molar-refractivity contribution in [3.63, 3.8) is 0 Å². The fraction of sp³-hybridized carbons (Fsp3) is 0.350. The molecule has 0 spiro atoms. The van der Waals surface area contributed by atoms with Crippen LogP contribution in [0.25, 0.3) is 10.2 Å². The van der Waals surface area contributed by atoms with Gasteiger partial charge in [0.25, 0.3) is 5.91 Å². The zero-order chi connectivity index (χ0) is 18.1. The summed E-state index contributed by atoms with van der Waals surface area (Å²) >= 11 is 1.47. The molecule has 0 bridgehead atoms. The molecule has 1 amide bonds. The van der Waals surface area contributed by atoms with Crippen molar-refractivity contribution >= 4 is 27.5 Å². The first-order valence-corrected chi connectivity index (χ1v) is 9.34. The molecule has 0 saturated carbocycles. The highest BCUT2D eigenvalue weighted by molar-refractivity contribution is 7.20. The molecule has 4 nitrogen and oxygen atoms in total. The van der Waals surface area contributed by atoms with Crippen LogP contribution in [0.5, 0.6) is 0 Å². The van der Waals surface area contributed by atoms with Crippen molar-refractivity contribution in [2.75, 3.05) is 7.05 Å². The van der Waals surface area contributed by atoms with Crippen LogP contribution in [-0.2, 0) is 6.42 Å². The average Bonchev–Trinajstić information content (AvgIpc) is 2.97. The van der Waals surface area contributed by atoms with Crippen molar-refractivity contribution in [1.29, 1.82) is 0 Å². The van der Waals surface area contributed by atoms with E-state index in [-0.39, 0.29) is 11.9 Å². The molecule has 1 aromatic carbocycles. The Labute approximate surface area is 152 Å². The molecular formula is C20H23N3OS. The minimum atomic E-state index is 0.0108. The quantitative estimate of drug-likeness (QED) is 0.683. The zero-order valence-electron chi connectivity index (χ0n) is 15.3. The van der Waals surface area contributed by atoms with E-state index >= 15 is 0 Å². The molecule has 3 rings (SSSR count). The predicted molar refractivity (Wildman–Crippen MR) is 103 cm³/mol. The number of nitrogens with zero attached hydrogens (tertiary/aromatic N) is 3. The van der Waals surface area contributed by atoms with E-state index in [0.717, 1.165) is 44.2 Å². The molecule has 1 atom stereocenters. The fourth-order valence-electron chi connectivity index (χ4n) is 3.05. The third-order valence-electron chi connectivity index (χ3n) is 4.71. The lowest BCUT2D eigenvalue weighted by Gasteiger charge is -2.25. The molecule has 0 N–H and O–H groups in total. The normalized spacial score (nSPS) is 12.4. The summed E-state index contributed by atoms with van der Waals surface area (Å²) in [6.07, 6.45) is 0.794. The Bertz CT molecular complexity index is 918. The van der Waals surface area contributed by atoms with Gasteiger partial charge in [-0.25, -0.2) is 9.97 Å². The minimum absolute atomic E-state index is 0.0108. The van der Waals surface area contributed by atoms with Crippen LogP contribution >= 0.6 is 11.3 Å². The van der Waals surface area contributed by atoms with Crippen molar-refractivity contribution in [3.05, 3.63) is 57.9 Å². The van der Waals surface area contributed by atoms with E-state index in [2.05, 4.69) is 29.0 Å². The number of hydrogen-bond acceptors (Lipinski definition) is 4. The van der Waals surface area contributed by atoms with Gasteiger partial charge in [0.1, 0.15) is 10.7 Å². The van der Waals surface area contributed by atoms with Crippen molar-refractivity contribution in [2.45, 2.75) is 40.2 Å². The number of fused-ring (bicyclic) bond motifs is 1. The average molecular weight is 353 g/mol. The van der Waals surface area contributed by atoms with Gasteiger partial charge in [0.05, 0.1) is 10.9 Å². The van der Waals surface area contributed by atoms with Gasteiger partial charge in [-0.1, -0.05) is 37.3 Å². The highest BCUT2D eigenvalue weighted by Crippen LogP contribution is 2.33. The Morgan fingerprint density at radius 2 is 1.88 bits per heavy atom. The van der Waals surface area contributed by atoms with Crippen LogP contribution in [0.3, 0.4) is 0 Å². The molecule has 0 unspecified atom stereocenters. The van der Waals surface area contributed by atoms with E-state index in [1.807, 2.05) is 46.0 Å². The van der Waals surface area contributed by atoms with E-state index < -0.39 is 0 Å². The number of carbonyl (C=O) groups is 1. The lowest BCUT2D eigenvalue weighted by atomic mass is 10.1. The van der Waals surface area contributed by atoms with Gasteiger partial charge in [-0.15, -0.1) is 11.3 Å². The molecule has 5 heteroatoms. The standard InChI is InChI=1S/C20H23N3OS/c1-6-16-21-13(3)17-12(2)18(25-19(17)22-16)20(24)23(5)14(4)15-10-8-7-9-11-15/h7-11,14H,6H2,1-5H3/t14-/m0/s1. The molecule has 0 radical (unpaired) electrons. The summed E-state index contributed by atoms with van der Waals surface area (Å²) in [5, 5.41) is 1.02. The first-order valence-electron chi connectivity index (χ1n) is 8.52. The zero-order valence-corrected chi connectivity index (χ0v) is 16.1. The topological polar surface area (TPSA) is 46.1 Å². The summed E-state index contributed by atoms with van der Waals surface area (Å²) in [5.74, 6) is 0.866. The molecule has 0 fully saturated rings. The van der Waals surface area contributed by atoms with Crippen LogP contribution in [0.4, 0.5) is 0 Å². The van der Waals surface area contributed by atoms with Crippen molar-refractivity contribution < 1.29 is 4.79 Å². The number of aromatic nitrogens is 2. The number of hydrogen-bond donors (Lipinski definition) is 0. The Hall–Kier alpha value is -2.27. The van der Waals surface area contributed by atoms with Gasteiger partial charge in [-0.05, 0) is 31.9 Å². The van der Waals surface area contributed by atoms with Crippen LogP contribution in [0.2, 0.25) is 0 Å². The molecule has 130 valence electrons. The van der Waals surface area contributed by atoms with E-state index in [1.54, 1.807) is 4.90 Å². The summed E-state index contributed by atoms with van der Waals surface area (Å²) < 4.78 is 0. The van der Waals surface area contributed by atoms with E-state index in [9.17, 15) is 4.79 Å². The molecule has 3 aromatic rings. The second kappa shape index (κ2) is 6.92. The summed E-state index contributed by atoms with van der Waals surface area (Å²) in [6.45, 7) is 8.08.